The van der Waals surface area contributed by atoms with Gasteiger partial charge in [0.2, 0.25) is 0 Å². The van der Waals surface area contributed by atoms with Gasteiger partial charge in [0.05, 0.1) is 14.2 Å². The van der Waals surface area contributed by atoms with E-state index in [1.807, 2.05) is 12.1 Å². The zero-order valence-corrected chi connectivity index (χ0v) is 21.5. The number of aliphatic imine (C=N–C) groups is 1. The molecule has 2 N–H and O–H groups in total. The lowest BCUT2D eigenvalue weighted by atomic mass is 10.0. The Balaban J connectivity index is 0.00000450. The lowest BCUT2D eigenvalue weighted by molar-refractivity contribution is 0.158. The number of hydrogen-bond donors (Lipinski definition) is 2. The average Bonchev–Trinajstić information content (AvgIpc) is 2.74. The van der Waals surface area contributed by atoms with Crippen LogP contribution in [0.1, 0.15) is 51.5 Å². The van der Waals surface area contributed by atoms with Crippen LogP contribution in [-0.2, 0) is 6.42 Å². The Morgan fingerprint density at radius 1 is 1.13 bits per heavy atom. The van der Waals surface area contributed by atoms with Crippen molar-refractivity contribution in [3.8, 4) is 11.5 Å². The molecule has 0 spiro atoms. The van der Waals surface area contributed by atoms with Gasteiger partial charge >= 0.3 is 0 Å². The summed E-state index contributed by atoms with van der Waals surface area (Å²) in [6.45, 7) is 9.50. The summed E-state index contributed by atoms with van der Waals surface area (Å²) in [5, 5.41) is 6.78. The maximum Gasteiger partial charge on any atom is 0.191 e. The number of nitrogens with one attached hydrogen (secondary N) is 2. The lowest BCUT2D eigenvalue weighted by Gasteiger charge is -2.33. The third-order valence-corrected chi connectivity index (χ3v) is 5.56. The Morgan fingerprint density at radius 3 is 2.63 bits per heavy atom. The van der Waals surface area contributed by atoms with Crippen molar-refractivity contribution in [1.29, 1.82) is 0 Å². The molecular weight excluding hydrogens is 491 g/mol. The van der Waals surface area contributed by atoms with Crippen LogP contribution in [0.15, 0.2) is 23.2 Å². The van der Waals surface area contributed by atoms with Crippen LogP contribution in [0, 0.1) is 0 Å². The molecular formula is C23H41IN4O2. The normalized spacial score (nSPS) is 17.2. The Hall–Kier alpha value is -1.22. The predicted molar refractivity (Wildman–Crippen MR) is 137 cm³/mol. The van der Waals surface area contributed by atoms with E-state index in [0.717, 1.165) is 56.0 Å². The summed E-state index contributed by atoms with van der Waals surface area (Å²) in [6, 6.07) is 6.82. The van der Waals surface area contributed by atoms with E-state index in [4.69, 9.17) is 14.5 Å². The van der Waals surface area contributed by atoms with Crippen molar-refractivity contribution in [1.82, 2.24) is 15.5 Å². The molecule has 1 aliphatic rings. The molecule has 7 heteroatoms. The van der Waals surface area contributed by atoms with Crippen LogP contribution in [0.4, 0.5) is 0 Å². The van der Waals surface area contributed by atoms with E-state index in [1.54, 1.807) is 14.2 Å². The molecule has 0 aliphatic carbocycles. The Kier molecular flexibility index (Phi) is 13.9. The summed E-state index contributed by atoms with van der Waals surface area (Å²) < 4.78 is 10.7. The average molecular weight is 533 g/mol. The molecule has 1 atom stereocenters. The summed E-state index contributed by atoms with van der Waals surface area (Å²) in [4.78, 5) is 7.38. The van der Waals surface area contributed by atoms with Crippen molar-refractivity contribution in [2.45, 2.75) is 58.4 Å². The molecule has 6 nitrogen and oxygen atoms in total. The minimum atomic E-state index is 0. The molecule has 0 amide bonds. The molecule has 0 aromatic heterocycles. The molecule has 1 aromatic carbocycles. The standard InChI is InChI=1S/C23H40N4O2.HI/c1-5-24-23(25-14-7-9-17-27-16-8-6-10-19(27)2)26-15-13-20-11-12-21(28-3)22(18-20)29-4;/h11-12,18-19H,5-10,13-17H2,1-4H3,(H2,24,25,26);1H. The highest BCUT2D eigenvalue weighted by atomic mass is 127. The molecule has 1 saturated heterocycles. The molecule has 1 aliphatic heterocycles. The van der Waals surface area contributed by atoms with Gasteiger partial charge in [-0.1, -0.05) is 12.5 Å². The van der Waals surface area contributed by atoms with Crippen molar-refractivity contribution >= 4 is 29.9 Å². The first-order valence-corrected chi connectivity index (χ1v) is 11.1. The van der Waals surface area contributed by atoms with Gasteiger partial charge in [-0.15, -0.1) is 24.0 Å². The van der Waals surface area contributed by atoms with E-state index in [0.29, 0.717) is 0 Å². The van der Waals surface area contributed by atoms with Crippen LogP contribution >= 0.6 is 24.0 Å². The SMILES string of the molecule is CCNC(=NCCCCN1CCCCC1C)NCCc1ccc(OC)c(OC)c1.I. The van der Waals surface area contributed by atoms with E-state index >= 15 is 0 Å². The first-order chi connectivity index (χ1) is 14.2. The van der Waals surface area contributed by atoms with Gasteiger partial charge in [0.25, 0.3) is 0 Å². The van der Waals surface area contributed by atoms with Gasteiger partial charge in [0, 0.05) is 25.7 Å². The van der Waals surface area contributed by atoms with Crippen LogP contribution in [-0.4, -0.2) is 63.8 Å². The van der Waals surface area contributed by atoms with Crippen molar-refractivity contribution in [3.05, 3.63) is 23.8 Å². The number of guanidine groups is 1. The van der Waals surface area contributed by atoms with Crippen molar-refractivity contribution < 1.29 is 9.47 Å². The van der Waals surface area contributed by atoms with Gasteiger partial charge in [-0.05, 0) is 76.7 Å². The number of nitrogens with zero attached hydrogens (tertiary/aromatic N) is 2. The molecule has 0 bridgehead atoms. The smallest absolute Gasteiger partial charge is 0.191 e. The first kappa shape index (κ1) is 26.8. The second-order valence-corrected chi connectivity index (χ2v) is 7.71. The third kappa shape index (κ3) is 9.29. The highest BCUT2D eigenvalue weighted by Gasteiger charge is 2.16. The van der Waals surface area contributed by atoms with Crippen molar-refractivity contribution in [2.75, 3.05) is 46.9 Å². The molecule has 2 rings (SSSR count). The first-order valence-electron chi connectivity index (χ1n) is 11.1. The summed E-state index contributed by atoms with van der Waals surface area (Å²) in [5.74, 6) is 2.44. The minimum Gasteiger partial charge on any atom is -0.493 e. The Morgan fingerprint density at radius 2 is 1.93 bits per heavy atom. The summed E-state index contributed by atoms with van der Waals surface area (Å²) in [7, 11) is 3.33. The van der Waals surface area contributed by atoms with E-state index < -0.39 is 0 Å². The van der Waals surface area contributed by atoms with Gasteiger partial charge in [-0.2, -0.15) is 0 Å². The number of ether oxygens (including phenoxy) is 2. The van der Waals surface area contributed by atoms with Gasteiger partial charge in [-0.25, -0.2) is 0 Å². The number of halogens is 1. The molecule has 30 heavy (non-hydrogen) atoms. The molecule has 0 saturated carbocycles. The van der Waals surface area contributed by atoms with Crippen LogP contribution in [0.5, 0.6) is 11.5 Å². The second kappa shape index (κ2) is 15.6. The maximum absolute atomic E-state index is 5.38. The molecule has 0 radical (unpaired) electrons. The predicted octanol–water partition coefficient (Wildman–Crippen LogP) is 4.07. The lowest BCUT2D eigenvalue weighted by Crippen LogP contribution is -2.38. The Bertz CT molecular complexity index is 627. The van der Waals surface area contributed by atoms with Gasteiger partial charge < -0.3 is 25.0 Å². The van der Waals surface area contributed by atoms with E-state index in [2.05, 4.69) is 35.4 Å². The zero-order chi connectivity index (χ0) is 20.9. The summed E-state index contributed by atoms with van der Waals surface area (Å²) in [5.41, 5.74) is 1.21. The number of methoxy groups -OCH3 is 2. The molecule has 1 fully saturated rings. The van der Waals surface area contributed by atoms with Gasteiger partial charge in [0.15, 0.2) is 17.5 Å². The van der Waals surface area contributed by atoms with Crippen LogP contribution in [0.2, 0.25) is 0 Å². The fraction of sp³-hybridized carbons (Fsp3) is 0.696. The maximum atomic E-state index is 5.38. The number of unbranched alkanes of at least 4 members (excludes halogenated alkanes) is 1. The monoisotopic (exact) mass is 532 g/mol. The number of rotatable bonds is 11. The van der Waals surface area contributed by atoms with Crippen LogP contribution in [0.25, 0.3) is 0 Å². The van der Waals surface area contributed by atoms with Crippen molar-refractivity contribution in [3.63, 3.8) is 0 Å². The fourth-order valence-corrected chi connectivity index (χ4v) is 3.81. The number of hydrogen-bond acceptors (Lipinski definition) is 4. The Labute approximate surface area is 200 Å². The van der Waals surface area contributed by atoms with E-state index in [9.17, 15) is 0 Å². The molecule has 172 valence electrons. The number of benzene rings is 1. The zero-order valence-electron chi connectivity index (χ0n) is 19.2. The van der Waals surface area contributed by atoms with Gasteiger partial charge in [-0.3, -0.25) is 4.99 Å². The molecule has 1 heterocycles. The minimum absolute atomic E-state index is 0. The van der Waals surface area contributed by atoms with Gasteiger partial charge in [0.1, 0.15) is 0 Å². The quantitative estimate of drug-likeness (QED) is 0.195. The highest BCUT2D eigenvalue weighted by molar-refractivity contribution is 14.0. The topological polar surface area (TPSA) is 58.1 Å². The summed E-state index contributed by atoms with van der Waals surface area (Å²) in [6.07, 6.45) is 7.36. The molecule has 1 unspecified atom stereocenters. The van der Waals surface area contributed by atoms with E-state index in [1.165, 1.54) is 44.3 Å². The highest BCUT2D eigenvalue weighted by Crippen LogP contribution is 2.27. The summed E-state index contributed by atoms with van der Waals surface area (Å²) >= 11 is 0. The van der Waals surface area contributed by atoms with Crippen molar-refractivity contribution in [2.24, 2.45) is 4.99 Å². The molecule has 1 aromatic rings. The number of piperidine rings is 1. The fourth-order valence-electron chi connectivity index (χ4n) is 3.81. The largest absolute Gasteiger partial charge is 0.493 e. The second-order valence-electron chi connectivity index (χ2n) is 7.71. The third-order valence-electron chi connectivity index (χ3n) is 5.56. The van der Waals surface area contributed by atoms with E-state index in [-0.39, 0.29) is 24.0 Å². The van der Waals surface area contributed by atoms with Crippen LogP contribution < -0.4 is 20.1 Å². The number of likely N-dealkylation sites (tertiary alicyclic amines) is 1. The van der Waals surface area contributed by atoms with Crippen LogP contribution in [0.3, 0.4) is 0 Å².